The van der Waals surface area contributed by atoms with Crippen molar-refractivity contribution in [2.75, 3.05) is 0 Å². The number of aryl methyl sites for hydroxylation is 1. The van der Waals surface area contributed by atoms with Gasteiger partial charge < -0.3 is 9.67 Å². The predicted octanol–water partition coefficient (Wildman–Crippen LogP) is 3.30. The van der Waals surface area contributed by atoms with E-state index in [1.807, 2.05) is 0 Å². The van der Waals surface area contributed by atoms with Gasteiger partial charge in [0.15, 0.2) is 0 Å². The third kappa shape index (κ3) is 2.65. The molecule has 1 aliphatic rings. The van der Waals surface area contributed by atoms with Crippen LogP contribution in [0.1, 0.15) is 66.7 Å². The lowest BCUT2D eigenvalue weighted by molar-refractivity contribution is 0.0693. The van der Waals surface area contributed by atoms with Crippen LogP contribution in [0.2, 0.25) is 0 Å². The summed E-state index contributed by atoms with van der Waals surface area (Å²) in [7, 11) is 0. The van der Waals surface area contributed by atoms with E-state index in [9.17, 15) is 14.7 Å². The summed E-state index contributed by atoms with van der Waals surface area (Å²) in [5.74, 6) is -0.300. The molecule has 1 aromatic rings. The molecule has 1 aromatic heterocycles. The SMILES string of the molecule is CCC1CCCC(n2c(C)c(C(=O)O)c(C)cc2=O)C1. The van der Waals surface area contributed by atoms with Crippen LogP contribution in [0.5, 0.6) is 0 Å². The average Bonchev–Trinajstić information content (AvgIpc) is 2.37. The molecule has 4 heteroatoms. The van der Waals surface area contributed by atoms with Crippen molar-refractivity contribution in [3.05, 3.63) is 33.2 Å². The molecule has 20 heavy (non-hydrogen) atoms. The van der Waals surface area contributed by atoms with Crippen LogP contribution >= 0.6 is 0 Å². The van der Waals surface area contributed by atoms with Crippen molar-refractivity contribution < 1.29 is 9.90 Å². The molecule has 2 rings (SSSR count). The predicted molar refractivity (Wildman–Crippen MR) is 78.4 cm³/mol. The summed E-state index contributed by atoms with van der Waals surface area (Å²) in [6.45, 7) is 5.63. The molecule has 0 aromatic carbocycles. The number of carbonyl (C=O) groups is 1. The number of rotatable bonds is 3. The molecule has 1 N–H and O–H groups in total. The Morgan fingerprint density at radius 2 is 2.10 bits per heavy atom. The lowest BCUT2D eigenvalue weighted by Crippen LogP contribution is -2.32. The number of pyridine rings is 1. The average molecular weight is 277 g/mol. The van der Waals surface area contributed by atoms with E-state index >= 15 is 0 Å². The minimum atomic E-state index is -0.948. The second-order valence-electron chi connectivity index (χ2n) is 5.90. The normalized spacial score (nSPS) is 22.8. The van der Waals surface area contributed by atoms with Crippen molar-refractivity contribution in [2.45, 2.75) is 58.9 Å². The second kappa shape index (κ2) is 5.81. The number of hydrogen-bond donors (Lipinski definition) is 1. The molecular weight excluding hydrogens is 254 g/mol. The minimum Gasteiger partial charge on any atom is -0.478 e. The zero-order valence-corrected chi connectivity index (χ0v) is 12.5. The van der Waals surface area contributed by atoms with Gasteiger partial charge in [-0.3, -0.25) is 4.79 Å². The topological polar surface area (TPSA) is 59.3 Å². The number of aromatic carboxylic acids is 1. The van der Waals surface area contributed by atoms with E-state index in [4.69, 9.17) is 0 Å². The van der Waals surface area contributed by atoms with E-state index < -0.39 is 5.97 Å². The summed E-state index contributed by atoms with van der Waals surface area (Å²) in [6.07, 6.45) is 5.42. The maximum atomic E-state index is 12.3. The van der Waals surface area contributed by atoms with Gasteiger partial charge in [0.05, 0.1) is 5.56 Å². The van der Waals surface area contributed by atoms with Gasteiger partial charge in [-0.15, -0.1) is 0 Å². The first-order chi connectivity index (χ1) is 9.45. The van der Waals surface area contributed by atoms with Crippen molar-refractivity contribution in [1.29, 1.82) is 0 Å². The highest BCUT2D eigenvalue weighted by molar-refractivity contribution is 5.90. The summed E-state index contributed by atoms with van der Waals surface area (Å²) in [6, 6.07) is 1.62. The Balaban J connectivity index is 2.48. The number of carboxylic acid groups (broad SMARTS) is 1. The first-order valence-corrected chi connectivity index (χ1v) is 7.41. The molecule has 0 radical (unpaired) electrons. The molecule has 0 saturated heterocycles. The quantitative estimate of drug-likeness (QED) is 0.922. The fraction of sp³-hybridized carbons (Fsp3) is 0.625. The highest BCUT2D eigenvalue weighted by atomic mass is 16.4. The Hall–Kier alpha value is -1.58. The molecule has 1 aliphatic carbocycles. The van der Waals surface area contributed by atoms with Crippen molar-refractivity contribution in [1.82, 2.24) is 4.57 Å². The highest BCUT2D eigenvalue weighted by Gasteiger charge is 2.26. The van der Waals surface area contributed by atoms with Gasteiger partial charge in [-0.05, 0) is 38.2 Å². The largest absolute Gasteiger partial charge is 0.478 e. The number of aromatic nitrogens is 1. The van der Waals surface area contributed by atoms with Crippen molar-refractivity contribution in [3.63, 3.8) is 0 Å². The number of carboxylic acids is 1. The fourth-order valence-corrected chi connectivity index (χ4v) is 3.54. The summed E-state index contributed by atoms with van der Waals surface area (Å²) < 4.78 is 1.72. The van der Waals surface area contributed by atoms with E-state index in [-0.39, 0.29) is 17.2 Å². The van der Waals surface area contributed by atoms with Crippen LogP contribution in [0.15, 0.2) is 10.9 Å². The molecule has 2 atom stereocenters. The standard InChI is InChI=1S/C16H23NO3/c1-4-12-6-5-7-13(9-12)17-11(3)15(16(19)20)10(2)8-14(17)18/h8,12-13H,4-7,9H2,1-3H3,(H,19,20). The van der Waals surface area contributed by atoms with Gasteiger partial charge in [-0.1, -0.05) is 26.2 Å². The van der Waals surface area contributed by atoms with Crippen molar-refractivity contribution in [2.24, 2.45) is 5.92 Å². The van der Waals surface area contributed by atoms with Gasteiger partial charge in [0, 0.05) is 17.8 Å². The van der Waals surface area contributed by atoms with Crippen molar-refractivity contribution >= 4 is 5.97 Å². The molecular formula is C16H23NO3. The fourth-order valence-electron chi connectivity index (χ4n) is 3.54. The Bertz CT molecular complexity index is 574. The van der Waals surface area contributed by atoms with E-state index in [0.29, 0.717) is 17.2 Å². The molecule has 1 fully saturated rings. The smallest absolute Gasteiger partial charge is 0.337 e. The molecule has 110 valence electrons. The van der Waals surface area contributed by atoms with Gasteiger partial charge in [0.25, 0.3) is 5.56 Å². The second-order valence-corrected chi connectivity index (χ2v) is 5.90. The molecule has 4 nitrogen and oxygen atoms in total. The summed E-state index contributed by atoms with van der Waals surface area (Å²) in [5, 5.41) is 9.34. The van der Waals surface area contributed by atoms with Crippen LogP contribution in [-0.2, 0) is 0 Å². The number of nitrogens with zero attached hydrogens (tertiary/aromatic N) is 1. The van der Waals surface area contributed by atoms with E-state index in [0.717, 1.165) is 25.7 Å². The van der Waals surface area contributed by atoms with Crippen LogP contribution in [0.3, 0.4) is 0 Å². The van der Waals surface area contributed by atoms with Crippen LogP contribution in [0.4, 0.5) is 0 Å². The third-order valence-electron chi connectivity index (χ3n) is 4.61. The maximum absolute atomic E-state index is 12.3. The first-order valence-electron chi connectivity index (χ1n) is 7.41. The summed E-state index contributed by atoms with van der Waals surface area (Å²) in [4.78, 5) is 23.7. The van der Waals surface area contributed by atoms with E-state index in [1.165, 1.54) is 12.5 Å². The Labute approximate surface area is 119 Å². The lowest BCUT2D eigenvalue weighted by Gasteiger charge is -2.31. The highest BCUT2D eigenvalue weighted by Crippen LogP contribution is 2.34. The molecule has 0 bridgehead atoms. The molecule has 0 spiro atoms. The van der Waals surface area contributed by atoms with Gasteiger partial charge in [0.2, 0.25) is 0 Å². The summed E-state index contributed by atoms with van der Waals surface area (Å²) >= 11 is 0. The Kier molecular flexibility index (Phi) is 4.31. The monoisotopic (exact) mass is 277 g/mol. The zero-order valence-electron chi connectivity index (χ0n) is 12.5. The van der Waals surface area contributed by atoms with E-state index in [1.54, 1.807) is 18.4 Å². The molecule has 0 aliphatic heterocycles. The van der Waals surface area contributed by atoms with Gasteiger partial charge in [0.1, 0.15) is 0 Å². The third-order valence-corrected chi connectivity index (χ3v) is 4.61. The number of hydrogen-bond acceptors (Lipinski definition) is 2. The molecule has 0 amide bonds. The van der Waals surface area contributed by atoms with Crippen molar-refractivity contribution in [3.8, 4) is 0 Å². The molecule has 1 saturated carbocycles. The van der Waals surface area contributed by atoms with Crippen LogP contribution in [0, 0.1) is 19.8 Å². The van der Waals surface area contributed by atoms with Gasteiger partial charge in [-0.2, -0.15) is 0 Å². The molecule has 2 unspecified atom stereocenters. The van der Waals surface area contributed by atoms with Gasteiger partial charge >= 0.3 is 5.97 Å². The minimum absolute atomic E-state index is 0.0632. The Morgan fingerprint density at radius 3 is 2.70 bits per heavy atom. The maximum Gasteiger partial charge on any atom is 0.337 e. The zero-order chi connectivity index (χ0) is 14.9. The van der Waals surface area contributed by atoms with Crippen LogP contribution < -0.4 is 5.56 Å². The molecule has 1 heterocycles. The summed E-state index contributed by atoms with van der Waals surface area (Å²) in [5.41, 5.74) is 1.37. The van der Waals surface area contributed by atoms with Crippen LogP contribution in [-0.4, -0.2) is 15.6 Å². The van der Waals surface area contributed by atoms with Crippen LogP contribution in [0.25, 0.3) is 0 Å². The van der Waals surface area contributed by atoms with E-state index in [2.05, 4.69) is 6.92 Å². The lowest BCUT2D eigenvalue weighted by atomic mass is 9.83. The Morgan fingerprint density at radius 1 is 1.40 bits per heavy atom. The first kappa shape index (κ1) is 14.8. The van der Waals surface area contributed by atoms with Gasteiger partial charge in [-0.25, -0.2) is 4.79 Å².